The van der Waals surface area contributed by atoms with E-state index in [4.69, 9.17) is 16.3 Å². The third kappa shape index (κ3) is 4.56. The lowest BCUT2D eigenvalue weighted by atomic mass is 9.98. The van der Waals surface area contributed by atoms with Crippen molar-refractivity contribution in [1.82, 2.24) is 9.97 Å². The van der Waals surface area contributed by atoms with E-state index in [0.29, 0.717) is 40.4 Å². The summed E-state index contributed by atoms with van der Waals surface area (Å²) in [5.74, 6) is -0.340. The second-order valence-electron chi connectivity index (χ2n) is 9.03. The third-order valence-corrected chi connectivity index (χ3v) is 6.02. The smallest absolute Gasteiger partial charge is 0.416 e. The van der Waals surface area contributed by atoms with E-state index in [-0.39, 0.29) is 16.3 Å². The van der Waals surface area contributed by atoms with Crippen LogP contribution in [0.5, 0.6) is 5.75 Å². The number of nitrogens with zero attached hydrogens (tertiary/aromatic N) is 1. The molecule has 11 heteroatoms. The molecule has 0 unspecified atom stereocenters. The minimum Gasteiger partial charge on any atom is -0.486 e. The molecule has 5 rings (SSSR count). The van der Waals surface area contributed by atoms with Gasteiger partial charge in [-0.3, -0.25) is 4.79 Å². The predicted octanol–water partition coefficient (Wildman–Crippen LogP) is 7.08. The van der Waals surface area contributed by atoms with Crippen molar-refractivity contribution >= 4 is 45.9 Å². The SMILES string of the molecule is CC1(C)Cc2c(c(C(=O)Nc3ccc(C(F)(F)F)cc3)cc3[nH]c(Nc4ccc(F)cc4Cl)nc23)O1. The molecule has 0 spiro atoms. The largest absolute Gasteiger partial charge is 0.486 e. The lowest BCUT2D eigenvalue weighted by Crippen LogP contribution is -2.25. The normalized spacial score (nSPS) is 14.4. The van der Waals surface area contributed by atoms with Crippen molar-refractivity contribution < 1.29 is 27.1 Å². The number of H-pyrrole nitrogens is 1. The van der Waals surface area contributed by atoms with Crippen molar-refractivity contribution in [2.45, 2.75) is 32.0 Å². The second kappa shape index (κ2) is 8.41. The standard InChI is InChI=1S/C25H19ClF4N4O2/c1-24(2)11-16-20-19(33-23(34-20)32-18-8-5-13(27)9-17(18)26)10-15(21(16)36-24)22(35)31-14-6-3-12(4-7-14)25(28,29)30/h3-10H,11H2,1-2H3,(H,31,35)(H2,32,33,34). The topological polar surface area (TPSA) is 79.0 Å². The molecule has 1 aliphatic heterocycles. The van der Waals surface area contributed by atoms with Crippen LogP contribution in [0.3, 0.4) is 0 Å². The number of aromatic amines is 1. The summed E-state index contributed by atoms with van der Waals surface area (Å²) in [5, 5.41) is 5.81. The highest BCUT2D eigenvalue weighted by Crippen LogP contribution is 2.42. The summed E-state index contributed by atoms with van der Waals surface area (Å²) in [6, 6.07) is 9.65. The van der Waals surface area contributed by atoms with Gasteiger partial charge in [0.15, 0.2) is 0 Å². The maximum Gasteiger partial charge on any atom is 0.416 e. The van der Waals surface area contributed by atoms with Crippen LogP contribution in [0, 0.1) is 5.82 Å². The first-order valence-electron chi connectivity index (χ1n) is 10.8. The molecule has 36 heavy (non-hydrogen) atoms. The van der Waals surface area contributed by atoms with Crippen molar-refractivity contribution in [2.75, 3.05) is 10.6 Å². The fourth-order valence-corrected chi connectivity index (χ4v) is 4.32. The fraction of sp³-hybridized carbons (Fsp3) is 0.200. The molecule has 3 aromatic carbocycles. The minimum absolute atomic E-state index is 0.168. The number of nitrogens with one attached hydrogen (secondary N) is 3. The molecule has 0 fully saturated rings. The molecule has 4 aromatic rings. The molecule has 0 aliphatic carbocycles. The number of rotatable bonds is 4. The van der Waals surface area contributed by atoms with E-state index in [1.807, 2.05) is 13.8 Å². The van der Waals surface area contributed by atoms with Crippen LogP contribution >= 0.6 is 11.6 Å². The van der Waals surface area contributed by atoms with Crippen molar-refractivity contribution in [3.63, 3.8) is 0 Å². The average molecular weight is 519 g/mol. The van der Waals surface area contributed by atoms with Gasteiger partial charge >= 0.3 is 6.18 Å². The van der Waals surface area contributed by atoms with Gasteiger partial charge in [-0.05, 0) is 62.4 Å². The molecule has 0 saturated heterocycles. The number of imidazole rings is 1. The van der Waals surface area contributed by atoms with Crippen LogP contribution in [0.25, 0.3) is 11.0 Å². The van der Waals surface area contributed by atoms with E-state index in [9.17, 15) is 22.4 Å². The predicted molar refractivity (Wildman–Crippen MR) is 129 cm³/mol. The average Bonchev–Trinajstić information content (AvgIpc) is 3.33. The van der Waals surface area contributed by atoms with Crippen LogP contribution < -0.4 is 15.4 Å². The monoisotopic (exact) mass is 518 g/mol. The highest BCUT2D eigenvalue weighted by Gasteiger charge is 2.36. The number of ether oxygens (including phenoxy) is 1. The Morgan fingerprint density at radius 2 is 1.86 bits per heavy atom. The number of carbonyl (C=O) groups is 1. The van der Waals surface area contributed by atoms with Gasteiger partial charge in [0.1, 0.15) is 17.2 Å². The van der Waals surface area contributed by atoms with Crippen LogP contribution in [0.15, 0.2) is 48.5 Å². The molecule has 0 bridgehead atoms. The summed E-state index contributed by atoms with van der Waals surface area (Å²) in [6.45, 7) is 3.75. The Morgan fingerprint density at radius 1 is 1.14 bits per heavy atom. The molecule has 0 radical (unpaired) electrons. The maximum atomic E-state index is 13.4. The van der Waals surface area contributed by atoms with Gasteiger partial charge in [-0.15, -0.1) is 0 Å². The Hall–Kier alpha value is -3.79. The van der Waals surface area contributed by atoms with E-state index in [1.54, 1.807) is 6.07 Å². The zero-order valence-corrected chi connectivity index (χ0v) is 19.7. The zero-order chi connectivity index (χ0) is 25.8. The van der Waals surface area contributed by atoms with Gasteiger partial charge in [0.2, 0.25) is 5.95 Å². The van der Waals surface area contributed by atoms with Gasteiger partial charge in [-0.2, -0.15) is 13.2 Å². The third-order valence-electron chi connectivity index (χ3n) is 5.70. The zero-order valence-electron chi connectivity index (χ0n) is 19.0. The Labute approximate surface area is 207 Å². The molecule has 3 N–H and O–H groups in total. The van der Waals surface area contributed by atoms with Crippen molar-refractivity contribution in [3.8, 4) is 5.75 Å². The lowest BCUT2D eigenvalue weighted by Gasteiger charge is -2.18. The number of halogens is 5. The van der Waals surface area contributed by atoms with Crippen LogP contribution in [0.4, 0.5) is 34.9 Å². The summed E-state index contributed by atoms with van der Waals surface area (Å²) in [7, 11) is 0. The van der Waals surface area contributed by atoms with E-state index >= 15 is 0 Å². The van der Waals surface area contributed by atoms with E-state index in [2.05, 4.69) is 20.6 Å². The molecule has 1 amide bonds. The van der Waals surface area contributed by atoms with Crippen molar-refractivity contribution in [3.05, 3.63) is 76.1 Å². The Balaban J connectivity index is 1.50. The molecule has 1 aliphatic rings. The molecule has 186 valence electrons. The number of benzene rings is 3. The van der Waals surface area contributed by atoms with Crippen LogP contribution in [0.1, 0.15) is 35.3 Å². The fourth-order valence-electron chi connectivity index (χ4n) is 4.11. The summed E-state index contributed by atoms with van der Waals surface area (Å²) >= 11 is 6.11. The number of amides is 1. The first-order chi connectivity index (χ1) is 16.9. The van der Waals surface area contributed by atoms with Gasteiger partial charge in [0, 0.05) is 17.7 Å². The van der Waals surface area contributed by atoms with Gasteiger partial charge in [0.05, 0.1) is 32.9 Å². The lowest BCUT2D eigenvalue weighted by molar-refractivity contribution is -0.137. The van der Waals surface area contributed by atoms with Crippen LogP contribution in [-0.2, 0) is 12.6 Å². The number of alkyl halides is 3. The number of aromatic nitrogens is 2. The molecule has 0 saturated carbocycles. The van der Waals surface area contributed by atoms with E-state index in [0.717, 1.165) is 12.1 Å². The van der Waals surface area contributed by atoms with Gasteiger partial charge in [-0.1, -0.05) is 11.6 Å². The molecule has 6 nitrogen and oxygen atoms in total. The molecular weight excluding hydrogens is 500 g/mol. The summed E-state index contributed by atoms with van der Waals surface area (Å²) in [6.07, 6.45) is -4.00. The van der Waals surface area contributed by atoms with Gasteiger partial charge < -0.3 is 20.4 Å². The number of anilines is 3. The summed E-state index contributed by atoms with van der Waals surface area (Å²) in [5.41, 5.74) is 1.26. The maximum absolute atomic E-state index is 13.4. The number of fused-ring (bicyclic) bond motifs is 3. The van der Waals surface area contributed by atoms with Crippen LogP contribution in [0.2, 0.25) is 5.02 Å². The Morgan fingerprint density at radius 3 is 2.53 bits per heavy atom. The van der Waals surface area contributed by atoms with Crippen LogP contribution in [-0.4, -0.2) is 21.5 Å². The number of hydrogen-bond acceptors (Lipinski definition) is 4. The van der Waals surface area contributed by atoms with Crippen molar-refractivity contribution in [1.29, 1.82) is 0 Å². The molecule has 2 heterocycles. The minimum atomic E-state index is -4.47. The molecule has 0 atom stereocenters. The second-order valence-corrected chi connectivity index (χ2v) is 9.44. The molecular formula is C25H19ClF4N4O2. The van der Waals surface area contributed by atoms with Crippen molar-refractivity contribution in [2.24, 2.45) is 0 Å². The Bertz CT molecular complexity index is 1500. The van der Waals surface area contributed by atoms with Gasteiger partial charge in [0.25, 0.3) is 5.91 Å². The molecule has 1 aromatic heterocycles. The van der Waals surface area contributed by atoms with E-state index in [1.165, 1.54) is 30.3 Å². The first kappa shape index (κ1) is 23.9. The van der Waals surface area contributed by atoms with E-state index < -0.39 is 29.1 Å². The highest BCUT2D eigenvalue weighted by molar-refractivity contribution is 6.33. The number of hydrogen-bond donors (Lipinski definition) is 3. The summed E-state index contributed by atoms with van der Waals surface area (Å²) in [4.78, 5) is 20.8. The first-order valence-corrected chi connectivity index (χ1v) is 11.2. The quantitative estimate of drug-likeness (QED) is 0.252. The summed E-state index contributed by atoms with van der Waals surface area (Å²) < 4.78 is 58.0. The highest BCUT2D eigenvalue weighted by atomic mass is 35.5. The Kier molecular flexibility index (Phi) is 5.59. The van der Waals surface area contributed by atoms with Gasteiger partial charge in [-0.25, -0.2) is 9.37 Å². The number of carbonyl (C=O) groups excluding carboxylic acids is 1.